The Morgan fingerprint density at radius 3 is 2.42 bits per heavy atom. The molecule has 0 aliphatic heterocycles. The summed E-state index contributed by atoms with van der Waals surface area (Å²) in [4.78, 5) is 9.57. The van der Waals surface area contributed by atoms with Crippen LogP contribution in [0.3, 0.4) is 0 Å². The van der Waals surface area contributed by atoms with Crippen molar-refractivity contribution in [3.8, 4) is 0 Å². The molecule has 0 aliphatic rings. The second-order valence-electron chi connectivity index (χ2n) is 3.62. The summed E-state index contributed by atoms with van der Waals surface area (Å²) in [6, 6.07) is 2.55. The topological polar surface area (TPSA) is 55.2 Å². The molecule has 19 heavy (non-hydrogen) atoms. The van der Waals surface area contributed by atoms with Crippen LogP contribution in [0.1, 0.15) is 18.4 Å². The third-order valence-corrected chi connectivity index (χ3v) is 2.20. The standard InChI is InChI=1S/C10H9F5N2O2/c11-9(12)7-5-6(17(18)19)1-2-8(7)16-4-3-10(13,14)15/h1-2,5,9,16H,3-4H2. The van der Waals surface area contributed by atoms with Gasteiger partial charge in [0.2, 0.25) is 0 Å². The molecule has 0 fully saturated rings. The number of nitro groups is 1. The van der Waals surface area contributed by atoms with Crippen molar-refractivity contribution in [1.82, 2.24) is 0 Å². The summed E-state index contributed by atoms with van der Waals surface area (Å²) < 4.78 is 61.0. The van der Waals surface area contributed by atoms with Crippen LogP contribution in [0.25, 0.3) is 0 Å². The minimum absolute atomic E-state index is 0.246. The first-order valence-corrected chi connectivity index (χ1v) is 5.08. The highest BCUT2D eigenvalue weighted by molar-refractivity contribution is 5.56. The second-order valence-corrected chi connectivity index (χ2v) is 3.62. The molecule has 0 saturated carbocycles. The highest BCUT2D eigenvalue weighted by Crippen LogP contribution is 2.31. The summed E-state index contributed by atoms with van der Waals surface area (Å²) >= 11 is 0. The molecule has 0 heterocycles. The minimum Gasteiger partial charge on any atom is -0.384 e. The van der Waals surface area contributed by atoms with Crippen molar-refractivity contribution >= 4 is 11.4 Å². The fraction of sp³-hybridized carbons (Fsp3) is 0.400. The Morgan fingerprint density at radius 1 is 1.32 bits per heavy atom. The van der Waals surface area contributed by atoms with Gasteiger partial charge >= 0.3 is 6.18 Å². The monoisotopic (exact) mass is 284 g/mol. The SMILES string of the molecule is O=[N+]([O-])c1ccc(NCCC(F)(F)F)c(C(F)F)c1. The lowest BCUT2D eigenvalue weighted by molar-refractivity contribution is -0.385. The molecule has 0 amide bonds. The van der Waals surface area contributed by atoms with E-state index in [9.17, 15) is 32.1 Å². The van der Waals surface area contributed by atoms with E-state index in [4.69, 9.17) is 0 Å². The van der Waals surface area contributed by atoms with Crippen molar-refractivity contribution in [3.05, 3.63) is 33.9 Å². The van der Waals surface area contributed by atoms with Crippen molar-refractivity contribution < 1.29 is 26.9 Å². The third kappa shape index (κ3) is 4.68. The summed E-state index contributed by atoms with van der Waals surface area (Å²) in [7, 11) is 0. The Labute approximate surface area is 104 Å². The maximum absolute atomic E-state index is 12.6. The number of benzene rings is 1. The molecule has 0 spiro atoms. The Bertz CT molecular complexity index is 462. The van der Waals surface area contributed by atoms with Gasteiger partial charge in [-0.3, -0.25) is 10.1 Å². The summed E-state index contributed by atoms with van der Waals surface area (Å²) in [6.45, 7) is -0.582. The molecule has 1 aromatic rings. The lowest BCUT2D eigenvalue weighted by Crippen LogP contribution is -2.15. The van der Waals surface area contributed by atoms with Gasteiger partial charge in [0.15, 0.2) is 0 Å². The van der Waals surface area contributed by atoms with Crippen LogP contribution in [0, 0.1) is 10.1 Å². The summed E-state index contributed by atoms with van der Waals surface area (Å²) in [5.74, 6) is 0. The first kappa shape index (κ1) is 15.1. The smallest absolute Gasteiger partial charge is 0.384 e. The van der Waals surface area contributed by atoms with Gasteiger partial charge < -0.3 is 5.32 Å². The average molecular weight is 284 g/mol. The molecule has 0 atom stereocenters. The van der Waals surface area contributed by atoms with Crippen molar-refractivity contribution in [2.45, 2.75) is 19.0 Å². The zero-order chi connectivity index (χ0) is 14.6. The van der Waals surface area contributed by atoms with E-state index >= 15 is 0 Å². The number of hydrogen-bond donors (Lipinski definition) is 1. The van der Waals surface area contributed by atoms with Gasteiger partial charge in [0.05, 0.1) is 11.3 Å². The maximum atomic E-state index is 12.6. The van der Waals surface area contributed by atoms with E-state index in [0.717, 1.165) is 12.1 Å². The Hall–Kier alpha value is -1.93. The van der Waals surface area contributed by atoms with E-state index in [-0.39, 0.29) is 5.69 Å². The molecular weight excluding hydrogens is 275 g/mol. The number of nitrogens with zero attached hydrogens (tertiary/aromatic N) is 1. The van der Waals surface area contributed by atoms with E-state index in [2.05, 4.69) is 5.32 Å². The van der Waals surface area contributed by atoms with Gasteiger partial charge in [-0.1, -0.05) is 0 Å². The zero-order valence-corrected chi connectivity index (χ0v) is 9.38. The minimum atomic E-state index is -4.40. The number of rotatable bonds is 5. The Balaban J connectivity index is 2.85. The van der Waals surface area contributed by atoms with E-state index in [1.54, 1.807) is 0 Å². The van der Waals surface area contributed by atoms with Gasteiger partial charge in [-0.25, -0.2) is 8.78 Å². The van der Waals surface area contributed by atoms with Gasteiger partial charge in [-0.2, -0.15) is 13.2 Å². The molecule has 0 aliphatic carbocycles. The summed E-state index contributed by atoms with van der Waals surface area (Å²) in [6.07, 6.45) is -8.61. The molecule has 1 rings (SSSR count). The number of nitrogens with one attached hydrogen (secondary N) is 1. The van der Waals surface area contributed by atoms with Crippen molar-refractivity contribution in [1.29, 1.82) is 0 Å². The Morgan fingerprint density at radius 2 is 1.95 bits per heavy atom. The fourth-order valence-electron chi connectivity index (χ4n) is 1.34. The first-order chi connectivity index (χ1) is 8.70. The molecule has 1 aromatic carbocycles. The lowest BCUT2D eigenvalue weighted by Gasteiger charge is -2.12. The molecular formula is C10H9F5N2O2. The fourth-order valence-corrected chi connectivity index (χ4v) is 1.34. The largest absolute Gasteiger partial charge is 0.390 e. The van der Waals surface area contributed by atoms with Crippen LogP contribution in [0.2, 0.25) is 0 Å². The number of anilines is 1. The van der Waals surface area contributed by atoms with Gasteiger partial charge in [-0.15, -0.1) is 0 Å². The summed E-state index contributed by atoms with van der Waals surface area (Å²) in [5.41, 5.74) is -1.49. The molecule has 0 saturated heterocycles. The van der Waals surface area contributed by atoms with Crippen LogP contribution >= 0.6 is 0 Å². The van der Waals surface area contributed by atoms with Crippen LogP contribution < -0.4 is 5.32 Å². The van der Waals surface area contributed by atoms with Crippen LogP contribution in [-0.2, 0) is 0 Å². The molecule has 4 nitrogen and oxygen atoms in total. The quantitative estimate of drug-likeness (QED) is 0.507. The highest BCUT2D eigenvalue weighted by Gasteiger charge is 2.26. The number of non-ortho nitro benzene ring substituents is 1. The van der Waals surface area contributed by atoms with E-state index in [1.807, 2.05) is 0 Å². The first-order valence-electron chi connectivity index (χ1n) is 5.08. The van der Waals surface area contributed by atoms with Crippen LogP contribution in [0.15, 0.2) is 18.2 Å². The normalized spacial score (nSPS) is 11.7. The van der Waals surface area contributed by atoms with Crippen molar-refractivity contribution in [3.63, 3.8) is 0 Å². The van der Waals surface area contributed by atoms with Crippen molar-refractivity contribution in [2.24, 2.45) is 0 Å². The van der Waals surface area contributed by atoms with E-state index in [0.29, 0.717) is 6.07 Å². The Kier molecular flexibility index (Phi) is 4.62. The molecule has 106 valence electrons. The molecule has 1 N–H and O–H groups in total. The van der Waals surface area contributed by atoms with E-state index in [1.165, 1.54) is 0 Å². The number of halogens is 5. The molecule has 0 radical (unpaired) electrons. The van der Waals surface area contributed by atoms with Crippen molar-refractivity contribution in [2.75, 3.05) is 11.9 Å². The number of hydrogen-bond acceptors (Lipinski definition) is 3. The predicted molar refractivity (Wildman–Crippen MR) is 57.2 cm³/mol. The van der Waals surface area contributed by atoms with E-state index < -0.39 is 41.7 Å². The predicted octanol–water partition coefficient (Wildman–Crippen LogP) is 3.90. The molecule has 9 heteroatoms. The molecule has 0 unspecified atom stereocenters. The number of nitro benzene ring substituents is 1. The van der Waals surface area contributed by atoms with Gasteiger partial charge in [0, 0.05) is 29.9 Å². The van der Waals surface area contributed by atoms with Gasteiger partial charge in [0.25, 0.3) is 12.1 Å². The summed E-state index contributed by atoms with van der Waals surface area (Å²) in [5, 5.41) is 12.6. The lowest BCUT2D eigenvalue weighted by atomic mass is 10.1. The van der Waals surface area contributed by atoms with Crippen LogP contribution in [0.5, 0.6) is 0 Å². The maximum Gasteiger partial charge on any atom is 0.390 e. The second kappa shape index (κ2) is 5.81. The zero-order valence-electron chi connectivity index (χ0n) is 9.38. The average Bonchev–Trinajstić information content (AvgIpc) is 2.27. The number of alkyl halides is 5. The molecule has 0 bridgehead atoms. The third-order valence-electron chi connectivity index (χ3n) is 2.20. The molecule has 0 aromatic heterocycles. The van der Waals surface area contributed by atoms with Gasteiger partial charge in [0.1, 0.15) is 0 Å². The highest BCUT2D eigenvalue weighted by atomic mass is 19.4. The van der Waals surface area contributed by atoms with Gasteiger partial charge in [-0.05, 0) is 6.07 Å². The van der Waals surface area contributed by atoms with Crippen LogP contribution in [-0.4, -0.2) is 17.6 Å². The van der Waals surface area contributed by atoms with Crippen LogP contribution in [0.4, 0.5) is 33.3 Å².